The van der Waals surface area contributed by atoms with Gasteiger partial charge in [0.05, 0.1) is 42.3 Å². The number of likely N-dealkylation sites (tertiary alicyclic amines) is 2. The Balaban J connectivity index is 1.38. The highest BCUT2D eigenvalue weighted by molar-refractivity contribution is 7.99. The molecule has 1 aromatic heterocycles. The fraction of sp³-hybridized carbons (Fsp3) is 0.719. The molecule has 0 bridgehead atoms. The summed E-state index contributed by atoms with van der Waals surface area (Å²) in [6.45, 7) is 6.04. The zero-order valence-corrected chi connectivity index (χ0v) is 29.3. The number of hydrogen-bond donors (Lipinski definition) is 2. The van der Waals surface area contributed by atoms with Crippen molar-refractivity contribution in [1.82, 2.24) is 23.9 Å². The first kappa shape index (κ1) is 37.4. The van der Waals surface area contributed by atoms with Crippen molar-refractivity contribution in [3.05, 3.63) is 35.0 Å². The second-order valence-electron chi connectivity index (χ2n) is 14.0. The number of fused-ring (bicyclic) bond motifs is 1. The van der Waals surface area contributed by atoms with Gasteiger partial charge in [-0.05, 0) is 70.8 Å². The second kappa shape index (κ2) is 14.4. The summed E-state index contributed by atoms with van der Waals surface area (Å²) in [5.41, 5.74) is 0.430. The number of halogens is 5. The number of aliphatic hydroxyl groups excluding tert-OH is 1. The molecule has 2 fully saturated rings. The van der Waals surface area contributed by atoms with Crippen LogP contribution in [0, 0.1) is 5.92 Å². The van der Waals surface area contributed by atoms with Gasteiger partial charge >= 0.3 is 6.18 Å². The normalized spacial score (nSPS) is 21.4. The quantitative estimate of drug-likeness (QED) is 0.258. The number of rotatable bonds is 11. The largest absolute Gasteiger partial charge is 0.417 e. The Morgan fingerprint density at radius 1 is 1.08 bits per heavy atom. The SMILES string of the molecule is CC(C)(O)C1CCN(C[C@H](O)Cn2nc(-c3ccc(C(F)(F)F)c(SCCN4CCCC(F)(F)C4)c3)c3c2CCN(S(C)(=O)=O)C3)CC1. The number of alkyl halides is 5. The van der Waals surface area contributed by atoms with Crippen molar-refractivity contribution in [1.29, 1.82) is 0 Å². The number of hydrogen-bond acceptors (Lipinski definition) is 8. The predicted molar refractivity (Wildman–Crippen MR) is 174 cm³/mol. The minimum Gasteiger partial charge on any atom is -0.390 e. The van der Waals surface area contributed by atoms with E-state index < -0.39 is 45.9 Å². The van der Waals surface area contributed by atoms with Crippen LogP contribution in [0.15, 0.2) is 23.1 Å². The van der Waals surface area contributed by atoms with E-state index in [0.29, 0.717) is 42.8 Å². The van der Waals surface area contributed by atoms with E-state index in [1.54, 1.807) is 9.58 Å². The van der Waals surface area contributed by atoms with Gasteiger partial charge in [0.15, 0.2) is 0 Å². The lowest BCUT2D eigenvalue weighted by Gasteiger charge is -2.38. The molecule has 16 heteroatoms. The van der Waals surface area contributed by atoms with Gasteiger partial charge in [-0.15, -0.1) is 11.8 Å². The molecule has 0 radical (unpaired) electrons. The molecule has 0 amide bonds. The van der Waals surface area contributed by atoms with Crippen LogP contribution in [-0.4, -0.2) is 118 Å². The first-order valence-corrected chi connectivity index (χ1v) is 19.2. The van der Waals surface area contributed by atoms with Gasteiger partial charge in [0.25, 0.3) is 5.92 Å². The van der Waals surface area contributed by atoms with Crippen LogP contribution in [0.2, 0.25) is 0 Å². The zero-order valence-electron chi connectivity index (χ0n) is 27.6. The minimum atomic E-state index is -4.64. The maximum absolute atomic E-state index is 14.1. The van der Waals surface area contributed by atoms with E-state index >= 15 is 0 Å². The molecular formula is C32H46F5N5O4S2. The highest BCUT2D eigenvalue weighted by atomic mass is 32.2. The zero-order chi connectivity index (χ0) is 35.1. The Labute approximate surface area is 283 Å². The van der Waals surface area contributed by atoms with Crippen molar-refractivity contribution in [3.63, 3.8) is 0 Å². The Morgan fingerprint density at radius 2 is 1.79 bits per heavy atom. The highest BCUT2D eigenvalue weighted by Crippen LogP contribution is 2.41. The van der Waals surface area contributed by atoms with E-state index in [4.69, 9.17) is 5.10 Å². The molecule has 0 spiro atoms. The van der Waals surface area contributed by atoms with E-state index in [-0.39, 0.29) is 49.2 Å². The van der Waals surface area contributed by atoms with Crippen LogP contribution in [0.5, 0.6) is 0 Å². The Bertz CT molecular complexity index is 1540. The number of piperidine rings is 2. The Morgan fingerprint density at radius 3 is 2.42 bits per heavy atom. The van der Waals surface area contributed by atoms with Crippen molar-refractivity contribution in [2.24, 2.45) is 5.92 Å². The summed E-state index contributed by atoms with van der Waals surface area (Å²) in [4.78, 5) is 3.66. The van der Waals surface area contributed by atoms with Crippen LogP contribution in [0.1, 0.15) is 56.4 Å². The fourth-order valence-corrected chi connectivity index (χ4v) is 8.96. The number of nitrogens with zero attached hydrogens (tertiary/aromatic N) is 5. The molecule has 1 atom stereocenters. The molecule has 2 saturated heterocycles. The summed E-state index contributed by atoms with van der Waals surface area (Å²) in [5.74, 6) is -2.46. The highest BCUT2D eigenvalue weighted by Gasteiger charge is 2.37. The second-order valence-corrected chi connectivity index (χ2v) is 17.1. The molecule has 48 heavy (non-hydrogen) atoms. The fourth-order valence-electron chi connectivity index (χ4n) is 7.05. The predicted octanol–water partition coefficient (Wildman–Crippen LogP) is 4.55. The van der Waals surface area contributed by atoms with Gasteiger partial charge in [-0.1, -0.05) is 6.07 Å². The third-order valence-corrected chi connectivity index (χ3v) is 12.0. The van der Waals surface area contributed by atoms with Gasteiger partial charge < -0.3 is 15.1 Å². The van der Waals surface area contributed by atoms with Gasteiger partial charge in [-0.25, -0.2) is 17.2 Å². The average Bonchev–Trinajstić information content (AvgIpc) is 3.33. The van der Waals surface area contributed by atoms with Crippen LogP contribution in [0.25, 0.3) is 11.3 Å². The van der Waals surface area contributed by atoms with Crippen molar-refractivity contribution >= 4 is 21.8 Å². The number of benzene rings is 1. The summed E-state index contributed by atoms with van der Waals surface area (Å²) in [7, 11) is -3.57. The summed E-state index contributed by atoms with van der Waals surface area (Å²) in [6.07, 6.45) is -2.28. The van der Waals surface area contributed by atoms with Gasteiger partial charge in [-0.3, -0.25) is 9.58 Å². The molecular weight excluding hydrogens is 678 g/mol. The summed E-state index contributed by atoms with van der Waals surface area (Å²) in [5, 5.41) is 26.2. The van der Waals surface area contributed by atoms with Crippen LogP contribution >= 0.6 is 11.8 Å². The third kappa shape index (κ3) is 9.29. The lowest BCUT2D eigenvalue weighted by Crippen LogP contribution is -2.45. The van der Waals surface area contributed by atoms with E-state index in [1.165, 1.54) is 16.4 Å². The topological polar surface area (TPSA) is 102 Å². The maximum Gasteiger partial charge on any atom is 0.417 e. The van der Waals surface area contributed by atoms with Gasteiger partial charge in [0.1, 0.15) is 0 Å². The molecule has 3 aliphatic rings. The van der Waals surface area contributed by atoms with Crippen molar-refractivity contribution in [2.45, 2.75) is 87.7 Å². The molecule has 4 heterocycles. The molecule has 0 aliphatic carbocycles. The first-order valence-electron chi connectivity index (χ1n) is 16.4. The molecule has 1 aromatic carbocycles. The lowest BCUT2D eigenvalue weighted by molar-refractivity contribution is -0.139. The molecule has 9 nitrogen and oxygen atoms in total. The van der Waals surface area contributed by atoms with Crippen LogP contribution in [0.3, 0.4) is 0 Å². The van der Waals surface area contributed by atoms with E-state index in [1.807, 2.05) is 13.8 Å². The summed E-state index contributed by atoms with van der Waals surface area (Å²) < 4.78 is 98.0. The number of sulfonamides is 1. The Hall–Kier alpha value is -1.82. The minimum absolute atomic E-state index is 0.00325. The van der Waals surface area contributed by atoms with E-state index in [2.05, 4.69) is 4.90 Å². The average molecular weight is 724 g/mol. The molecule has 270 valence electrons. The molecule has 2 aromatic rings. The lowest BCUT2D eigenvalue weighted by atomic mass is 9.83. The van der Waals surface area contributed by atoms with Crippen LogP contribution < -0.4 is 0 Å². The summed E-state index contributed by atoms with van der Waals surface area (Å²) in [6, 6.07) is 3.71. The van der Waals surface area contributed by atoms with Crippen LogP contribution in [-0.2, 0) is 35.7 Å². The number of aliphatic hydroxyl groups is 2. The monoisotopic (exact) mass is 723 g/mol. The summed E-state index contributed by atoms with van der Waals surface area (Å²) >= 11 is 0.949. The van der Waals surface area contributed by atoms with Crippen molar-refractivity contribution in [2.75, 3.05) is 57.8 Å². The van der Waals surface area contributed by atoms with E-state index in [0.717, 1.165) is 55.7 Å². The Kier molecular flexibility index (Phi) is 11.3. The smallest absolute Gasteiger partial charge is 0.390 e. The number of β-amino-alcohol motifs (C(OH)–C–C–N with tert-alkyl or cyclic N) is 1. The molecule has 0 unspecified atom stereocenters. The van der Waals surface area contributed by atoms with Crippen molar-refractivity contribution in [3.8, 4) is 11.3 Å². The number of aromatic nitrogens is 2. The maximum atomic E-state index is 14.1. The molecule has 3 aliphatic heterocycles. The molecule has 0 saturated carbocycles. The third-order valence-electron chi connectivity index (χ3n) is 9.70. The van der Waals surface area contributed by atoms with Gasteiger partial charge in [-0.2, -0.15) is 22.6 Å². The van der Waals surface area contributed by atoms with Crippen LogP contribution in [0.4, 0.5) is 22.0 Å². The van der Waals surface area contributed by atoms with Crippen molar-refractivity contribution < 1.29 is 40.6 Å². The first-order chi connectivity index (χ1) is 22.3. The van der Waals surface area contributed by atoms with E-state index in [9.17, 15) is 40.6 Å². The van der Waals surface area contributed by atoms with Gasteiger partial charge in [0.2, 0.25) is 10.0 Å². The molecule has 5 rings (SSSR count). The standard InChI is InChI=1S/C32H46F5N5O4S2/c1-30(2,44)23-7-12-39(13-8-23)18-24(43)19-42-27-9-14-41(48(3,45)46)20-25(27)29(38-42)22-5-6-26(32(35,36)37)28(17-22)47-16-15-40-11-4-10-31(33,34)21-40/h5-6,17,23-24,43-44H,4,7-16,18-21H2,1-3H3/t24-/m0/s1. The van der Waals surface area contributed by atoms with Gasteiger partial charge in [0, 0.05) is 66.5 Å². The number of thioether (sulfide) groups is 1. The molecule has 2 N–H and O–H groups in total.